The van der Waals surface area contributed by atoms with Crippen molar-refractivity contribution in [3.05, 3.63) is 46.5 Å². The quantitative estimate of drug-likeness (QED) is 0.420. The molecule has 0 bridgehead atoms. The van der Waals surface area contributed by atoms with E-state index in [9.17, 15) is 15.2 Å². The van der Waals surface area contributed by atoms with Crippen molar-refractivity contribution in [3.8, 4) is 17.2 Å². The number of anilines is 1. The molecule has 0 aliphatic rings. The summed E-state index contributed by atoms with van der Waals surface area (Å²) in [5, 5.41) is 20.5. The summed E-state index contributed by atoms with van der Waals surface area (Å²) in [5.41, 5.74) is 7.01. The lowest BCUT2D eigenvalue weighted by atomic mass is 10.2. The minimum Gasteiger partial charge on any atom is -0.507 e. The van der Waals surface area contributed by atoms with Gasteiger partial charge in [0, 0.05) is 17.8 Å². The fourth-order valence-electron chi connectivity index (χ4n) is 1.87. The Bertz CT molecular complexity index is 826. The molecular weight excluding hydrogens is 262 g/mol. The molecule has 0 unspecified atom stereocenters. The van der Waals surface area contributed by atoms with Gasteiger partial charge in [-0.05, 0) is 18.2 Å². The zero-order chi connectivity index (χ0) is 14.3. The molecule has 7 heteroatoms. The van der Waals surface area contributed by atoms with Crippen LogP contribution in [0.25, 0.3) is 22.6 Å². The number of benzene rings is 2. The van der Waals surface area contributed by atoms with Gasteiger partial charge in [0.25, 0.3) is 5.69 Å². The Hall–Kier alpha value is -3.09. The number of nitro benzene ring substituents is 1. The van der Waals surface area contributed by atoms with E-state index in [1.54, 1.807) is 12.1 Å². The van der Waals surface area contributed by atoms with Crippen molar-refractivity contribution in [2.75, 3.05) is 5.73 Å². The molecule has 0 spiro atoms. The topological polar surface area (TPSA) is 115 Å². The van der Waals surface area contributed by atoms with Crippen LogP contribution >= 0.6 is 0 Å². The van der Waals surface area contributed by atoms with Gasteiger partial charge in [0.15, 0.2) is 5.58 Å². The third-order valence-corrected chi connectivity index (χ3v) is 2.84. The number of oxazole rings is 1. The minimum absolute atomic E-state index is 0.0638. The third-order valence-electron chi connectivity index (χ3n) is 2.84. The van der Waals surface area contributed by atoms with Crippen LogP contribution in [-0.2, 0) is 0 Å². The molecule has 7 nitrogen and oxygen atoms in total. The summed E-state index contributed by atoms with van der Waals surface area (Å²) < 4.78 is 5.45. The minimum atomic E-state index is -0.512. The number of non-ortho nitro benzene ring substituents is 1. The maximum Gasteiger partial charge on any atom is 0.273 e. The van der Waals surface area contributed by atoms with E-state index in [0.29, 0.717) is 16.8 Å². The first-order valence-electron chi connectivity index (χ1n) is 5.68. The summed E-state index contributed by atoms with van der Waals surface area (Å²) in [6, 6.07) is 8.69. The number of aromatic nitrogens is 1. The Labute approximate surface area is 112 Å². The summed E-state index contributed by atoms with van der Waals surface area (Å²) >= 11 is 0. The molecule has 0 fully saturated rings. The first-order chi connectivity index (χ1) is 9.54. The highest BCUT2D eigenvalue weighted by atomic mass is 16.6. The van der Waals surface area contributed by atoms with E-state index in [1.807, 2.05) is 0 Å². The molecule has 2 aromatic carbocycles. The summed E-state index contributed by atoms with van der Waals surface area (Å²) in [7, 11) is 0. The van der Waals surface area contributed by atoms with Crippen LogP contribution in [0.1, 0.15) is 0 Å². The number of hydrogen-bond acceptors (Lipinski definition) is 6. The second-order valence-electron chi connectivity index (χ2n) is 4.20. The number of nitrogens with two attached hydrogens (primary N) is 1. The van der Waals surface area contributed by atoms with E-state index >= 15 is 0 Å². The van der Waals surface area contributed by atoms with E-state index in [2.05, 4.69) is 4.98 Å². The van der Waals surface area contributed by atoms with Gasteiger partial charge in [-0.2, -0.15) is 0 Å². The number of phenolic OH excluding ortho intramolecular Hbond substituents is 1. The van der Waals surface area contributed by atoms with Crippen LogP contribution in [0.4, 0.5) is 11.4 Å². The fourth-order valence-corrected chi connectivity index (χ4v) is 1.87. The van der Waals surface area contributed by atoms with E-state index in [4.69, 9.17) is 10.2 Å². The molecule has 0 saturated carbocycles. The lowest BCUT2D eigenvalue weighted by Gasteiger charge is -2.00. The Balaban J connectivity index is 2.15. The maximum absolute atomic E-state index is 10.7. The molecule has 3 aromatic rings. The molecular formula is C13H9N3O4. The highest BCUT2D eigenvalue weighted by molar-refractivity contribution is 5.79. The van der Waals surface area contributed by atoms with E-state index in [1.165, 1.54) is 24.3 Å². The standard InChI is InChI=1S/C13H9N3O4/c14-7-1-3-9(11(17)5-7)13-15-10-4-2-8(16(18)19)6-12(10)20-13/h1-6,17H,14H2. The molecule has 3 rings (SSSR count). The molecule has 1 heterocycles. The second-order valence-corrected chi connectivity index (χ2v) is 4.20. The summed E-state index contributed by atoms with van der Waals surface area (Å²) in [6.45, 7) is 0. The van der Waals surface area contributed by atoms with E-state index in [-0.39, 0.29) is 22.9 Å². The second kappa shape index (κ2) is 4.23. The number of aromatic hydroxyl groups is 1. The van der Waals surface area contributed by atoms with Gasteiger partial charge in [0.1, 0.15) is 11.3 Å². The van der Waals surface area contributed by atoms with Crippen LogP contribution in [0.15, 0.2) is 40.8 Å². The molecule has 0 radical (unpaired) electrons. The normalized spacial score (nSPS) is 10.8. The highest BCUT2D eigenvalue weighted by Crippen LogP contribution is 2.33. The number of nitrogen functional groups attached to an aromatic ring is 1. The molecule has 3 N–H and O–H groups in total. The summed E-state index contributed by atoms with van der Waals surface area (Å²) in [6.07, 6.45) is 0. The Kier molecular flexibility index (Phi) is 2.53. The maximum atomic E-state index is 10.7. The lowest BCUT2D eigenvalue weighted by Crippen LogP contribution is -1.86. The zero-order valence-electron chi connectivity index (χ0n) is 10.1. The molecule has 100 valence electrons. The van der Waals surface area contributed by atoms with Gasteiger partial charge < -0.3 is 15.3 Å². The van der Waals surface area contributed by atoms with Gasteiger partial charge in [0.05, 0.1) is 16.6 Å². The predicted molar refractivity (Wildman–Crippen MR) is 72.2 cm³/mol. The first-order valence-corrected chi connectivity index (χ1v) is 5.68. The van der Waals surface area contributed by atoms with Crippen LogP contribution < -0.4 is 5.73 Å². The van der Waals surface area contributed by atoms with Crippen molar-refractivity contribution in [1.82, 2.24) is 4.98 Å². The fraction of sp³-hybridized carbons (Fsp3) is 0. The third kappa shape index (κ3) is 1.91. The van der Waals surface area contributed by atoms with E-state index < -0.39 is 4.92 Å². The van der Waals surface area contributed by atoms with Crippen LogP contribution in [0, 0.1) is 10.1 Å². The monoisotopic (exact) mass is 271 g/mol. The molecule has 0 atom stereocenters. The Morgan fingerprint density at radius 3 is 2.75 bits per heavy atom. The van der Waals surface area contributed by atoms with Gasteiger partial charge in [-0.1, -0.05) is 0 Å². The molecule has 0 aliphatic heterocycles. The van der Waals surface area contributed by atoms with Crippen LogP contribution in [-0.4, -0.2) is 15.0 Å². The molecule has 0 aliphatic carbocycles. The molecule has 20 heavy (non-hydrogen) atoms. The number of hydrogen-bond donors (Lipinski definition) is 2. The van der Waals surface area contributed by atoms with Crippen LogP contribution in [0.5, 0.6) is 5.75 Å². The lowest BCUT2D eigenvalue weighted by molar-refractivity contribution is -0.384. The number of rotatable bonds is 2. The average Bonchev–Trinajstić information content (AvgIpc) is 2.80. The average molecular weight is 271 g/mol. The van der Waals surface area contributed by atoms with Crippen molar-refractivity contribution < 1.29 is 14.4 Å². The highest BCUT2D eigenvalue weighted by Gasteiger charge is 2.15. The summed E-state index contributed by atoms with van der Waals surface area (Å²) in [5.74, 6) is 0.115. The number of nitro groups is 1. The van der Waals surface area contributed by atoms with Crippen molar-refractivity contribution in [3.63, 3.8) is 0 Å². The number of fused-ring (bicyclic) bond motifs is 1. The Morgan fingerprint density at radius 1 is 1.25 bits per heavy atom. The molecule has 0 amide bonds. The number of phenols is 1. The van der Waals surface area contributed by atoms with Crippen LogP contribution in [0.3, 0.4) is 0 Å². The zero-order valence-corrected chi connectivity index (χ0v) is 10.1. The van der Waals surface area contributed by atoms with Crippen molar-refractivity contribution in [2.24, 2.45) is 0 Å². The molecule has 0 saturated heterocycles. The van der Waals surface area contributed by atoms with Crippen molar-refractivity contribution in [2.45, 2.75) is 0 Å². The number of nitrogens with zero attached hydrogens (tertiary/aromatic N) is 2. The van der Waals surface area contributed by atoms with Gasteiger partial charge in [0.2, 0.25) is 5.89 Å². The summed E-state index contributed by atoms with van der Waals surface area (Å²) in [4.78, 5) is 14.4. The van der Waals surface area contributed by atoms with Gasteiger partial charge >= 0.3 is 0 Å². The SMILES string of the molecule is Nc1ccc(-c2nc3ccc([N+](=O)[O-])cc3o2)c(O)c1. The van der Waals surface area contributed by atoms with Gasteiger partial charge in [-0.15, -0.1) is 0 Å². The van der Waals surface area contributed by atoms with Gasteiger partial charge in [-0.3, -0.25) is 10.1 Å². The van der Waals surface area contributed by atoms with Crippen molar-refractivity contribution in [1.29, 1.82) is 0 Å². The van der Waals surface area contributed by atoms with Crippen molar-refractivity contribution >= 4 is 22.5 Å². The smallest absolute Gasteiger partial charge is 0.273 e. The predicted octanol–water partition coefficient (Wildman–Crippen LogP) is 2.69. The largest absolute Gasteiger partial charge is 0.507 e. The van der Waals surface area contributed by atoms with E-state index in [0.717, 1.165) is 0 Å². The van der Waals surface area contributed by atoms with Crippen LogP contribution in [0.2, 0.25) is 0 Å². The van der Waals surface area contributed by atoms with Gasteiger partial charge in [-0.25, -0.2) is 4.98 Å². The Morgan fingerprint density at radius 2 is 2.05 bits per heavy atom. The molecule has 1 aromatic heterocycles. The first kappa shape index (κ1) is 12.0.